The molecule has 0 atom stereocenters. The van der Waals surface area contributed by atoms with Gasteiger partial charge in [-0.1, -0.05) is 18.2 Å². The second-order valence-corrected chi connectivity index (χ2v) is 6.39. The first kappa shape index (κ1) is 17.3. The van der Waals surface area contributed by atoms with Crippen LogP contribution in [0.25, 0.3) is 0 Å². The molecule has 0 spiro atoms. The van der Waals surface area contributed by atoms with E-state index in [2.05, 4.69) is 15.9 Å². The molecule has 6 heteroatoms. The molecule has 2 rings (SSSR count). The molecule has 0 saturated carbocycles. The minimum Gasteiger partial charge on any atom is -0.450 e. The standard InChI is InChI=1S/C17H19BrN2O3/c1-11-6-5-7-12(2)15(11)23-16-13(18)8-9-20(17(16)22)10-14(21)19(3)4/h5-9H,10H2,1-4H3. The summed E-state index contributed by atoms with van der Waals surface area (Å²) in [6.07, 6.45) is 1.57. The second kappa shape index (κ2) is 7.00. The Morgan fingerprint density at radius 1 is 1.17 bits per heavy atom. The molecule has 1 heterocycles. The van der Waals surface area contributed by atoms with Gasteiger partial charge in [-0.3, -0.25) is 9.59 Å². The highest BCUT2D eigenvalue weighted by molar-refractivity contribution is 9.10. The first-order valence-corrected chi connectivity index (χ1v) is 7.93. The SMILES string of the molecule is Cc1cccc(C)c1Oc1c(Br)ccn(CC(=O)N(C)C)c1=O. The van der Waals surface area contributed by atoms with Gasteiger partial charge >= 0.3 is 0 Å². The van der Waals surface area contributed by atoms with E-state index in [9.17, 15) is 9.59 Å². The lowest BCUT2D eigenvalue weighted by Crippen LogP contribution is -2.31. The number of halogens is 1. The Morgan fingerprint density at radius 3 is 2.35 bits per heavy atom. The van der Waals surface area contributed by atoms with E-state index in [4.69, 9.17) is 4.74 Å². The summed E-state index contributed by atoms with van der Waals surface area (Å²) >= 11 is 3.35. The van der Waals surface area contributed by atoms with Crippen molar-refractivity contribution in [2.75, 3.05) is 14.1 Å². The molecule has 0 N–H and O–H groups in total. The number of nitrogens with zero attached hydrogens (tertiary/aromatic N) is 2. The third-order valence-corrected chi connectivity index (χ3v) is 4.11. The molecule has 0 unspecified atom stereocenters. The van der Waals surface area contributed by atoms with Crippen LogP contribution in [0.2, 0.25) is 0 Å². The molecule has 0 saturated heterocycles. The van der Waals surface area contributed by atoms with Crippen molar-refractivity contribution < 1.29 is 9.53 Å². The smallest absolute Gasteiger partial charge is 0.295 e. The topological polar surface area (TPSA) is 51.5 Å². The average molecular weight is 379 g/mol. The van der Waals surface area contributed by atoms with Crippen LogP contribution in [-0.2, 0) is 11.3 Å². The quantitative estimate of drug-likeness (QED) is 0.821. The van der Waals surface area contributed by atoms with Gasteiger partial charge in [0.2, 0.25) is 11.7 Å². The van der Waals surface area contributed by atoms with E-state index < -0.39 is 0 Å². The fraction of sp³-hybridized carbons (Fsp3) is 0.294. The zero-order chi connectivity index (χ0) is 17.1. The fourth-order valence-electron chi connectivity index (χ4n) is 2.10. The molecule has 122 valence electrons. The molecular weight excluding hydrogens is 360 g/mol. The first-order valence-electron chi connectivity index (χ1n) is 7.14. The summed E-state index contributed by atoms with van der Waals surface area (Å²) in [5, 5.41) is 0. The monoisotopic (exact) mass is 378 g/mol. The van der Waals surface area contributed by atoms with Gasteiger partial charge in [-0.15, -0.1) is 0 Å². The number of hydrogen-bond acceptors (Lipinski definition) is 3. The molecule has 23 heavy (non-hydrogen) atoms. The number of carbonyl (C=O) groups is 1. The summed E-state index contributed by atoms with van der Waals surface area (Å²) in [5.41, 5.74) is 1.53. The Kier molecular flexibility index (Phi) is 5.26. The van der Waals surface area contributed by atoms with E-state index in [0.717, 1.165) is 11.1 Å². The number of benzene rings is 1. The lowest BCUT2D eigenvalue weighted by atomic mass is 10.1. The minimum atomic E-state index is -0.350. The maximum absolute atomic E-state index is 12.6. The zero-order valence-electron chi connectivity index (χ0n) is 13.6. The van der Waals surface area contributed by atoms with Crippen LogP contribution in [0.3, 0.4) is 0 Å². The highest BCUT2D eigenvalue weighted by Crippen LogP contribution is 2.30. The molecule has 1 amide bonds. The first-order chi connectivity index (χ1) is 10.8. The van der Waals surface area contributed by atoms with E-state index >= 15 is 0 Å². The van der Waals surface area contributed by atoms with Crippen molar-refractivity contribution in [3.8, 4) is 11.5 Å². The van der Waals surface area contributed by atoms with Crippen molar-refractivity contribution in [3.05, 3.63) is 56.4 Å². The largest absolute Gasteiger partial charge is 0.450 e. The Morgan fingerprint density at radius 2 is 1.78 bits per heavy atom. The average Bonchev–Trinajstić information content (AvgIpc) is 2.48. The minimum absolute atomic E-state index is 0.0256. The van der Waals surface area contributed by atoms with Crippen molar-refractivity contribution in [2.45, 2.75) is 20.4 Å². The van der Waals surface area contributed by atoms with Crippen LogP contribution >= 0.6 is 15.9 Å². The highest BCUT2D eigenvalue weighted by atomic mass is 79.9. The number of aromatic nitrogens is 1. The number of para-hydroxylation sites is 1. The van der Waals surface area contributed by atoms with Crippen molar-refractivity contribution >= 4 is 21.8 Å². The van der Waals surface area contributed by atoms with E-state index in [-0.39, 0.29) is 23.8 Å². The van der Waals surface area contributed by atoms with Crippen LogP contribution in [0.5, 0.6) is 11.5 Å². The molecule has 0 aliphatic heterocycles. The maximum Gasteiger partial charge on any atom is 0.295 e. The predicted molar refractivity (Wildman–Crippen MR) is 93.1 cm³/mol. The molecule has 2 aromatic rings. The summed E-state index contributed by atoms with van der Waals surface area (Å²) < 4.78 is 7.78. The fourth-order valence-corrected chi connectivity index (χ4v) is 2.47. The van der Waals surface area contributed by atoms with Gasteiger partial charge in [0.25, 0.3) is 5.56 Å². The number of pyridine rings is 1. The number of carbonyl (C=O) groups excluding carboxylic acids is 1. The van der Waals surface area contributed by atoms with Gasteiger partial charge in [-0.25, -0.2) is 0 Å². The maximum atomic E-state index is 12.6. The highest BCUT2D eigenvalue weighted by Gasteiger charge is 2.15. The van der Waals surface area contributed by atoms with Gasteiger partial charge in [-0.05, 0) is 47.0 Å². The third kappa shape index (κ3) is 3.82. The molecule has 0 aliphatic rings. The molecule has 1 aromatic carbocycles. The van der Waals surface area contributed by atoms with E-state index in [0.29, 0.717) is 10.2 Å². The van der Waals surface area contributed by atoms with Gasteiger partial charge in [0, 0.05) is 20.3 Å². The van der Waals surface area contributed by atoms with Gasteiger partial charge in [0.05, 0.1) is 4.47 Å². The number of likely N-dealkylation sites (N-methyl/N-ethyl adjacent to an activating group) is 1. The van der Waals surface area contributed by atoms with Crippen molar-refractivity contribution in [3.63, 3.8) is 0 Å². The Labute approximate surface area is 143 Å². The van der Waals surface area contributed by atoms with Gasteiger partial charge in [0.15, 0.2) is 0 Å². The van der Waals surface area contributed by atoms with Crippen LogP contribution in [0.15, 0.2) is 39.7 Å². The van der Waals surface area contributed by atoms with Crippen LogP contribution in [0.4, 0.5) is 0 Å². The third-order valence-electron chi connectivity index (χ3n) is 3.49. The van der Waals surface area contributed by atoms with Gasteiger partial charge in [0.1, 0.15) is 12.3 Å². The van der Waals surface area contributed by atoms with E-state index in [1.165, 1.54) is 9.47 Å². The van der Waals surface area contributed by atoms with Gasteiger partial charge < -0.3 is 14.2 Å². The molecule has 5 nitrogen and oxygen atoms in total. The summed E-state index contributed by atoms with van der Waals surface area (Å²) in [5.74, 6) is 0.672. The number of amides is 1. The number of aryl methyl sites for hydroxylation is 2. The summed E-state index contributed by atoms with van der Waals surface area (Å²) in [6, 6.07) is 7.49. The predicted octanol–water partition coefficient (Wildman–Crippen LogP) is 3.11. The van der Waals surface area contributed by atoms with E-state index in [1.807, 2.05) is 32.0 Å². The van der Waals surface area contributed by atoms with Crippen LogP contribution in [0.1, 0.15) is 11.1 Å². The van der Waals surface area contributed by atoms with Crippen LogP contribution in [0, 0.1) is 13.8 Å². The van der Waals surface area contributed by atoms with E-state index in [1.54, 1.807) is 26.4 Å². The molecule has 1 aromatic heterocycles. The van der Waals surface area contributed by atoms with Crippen molar-refractivity contribution in [2.24, 2.45) is 0 Å². The Hall–Kier alpha value is -2.08. The zero-order valence-corrected chi connectivity index (χ0v) is 15.2. The second-order valence-electron chi connectivity index (χ2n) is 5.54. The van der Waals surface area contributed by atoms with Crippen molar-refractivity contribution in [1.29, 1.82) is 0 Å². The molecule has 0 fully saturated rings. The summed E-state index contributed by atoms with van der Waals surface area (Å²) in [7, 11) is 3.31. The van der Waals surface area contributed by atoms with Crippen LogP contribution in [-0.4, -0.2) is 29.5 Å². The van der Waals surface area contributed by atoms with Crippen molar-refractivity contribution in [1.82, 2.24) is 9.47 Å². The van der Waals surface area contributed by atoms with Gasteiger partial charge in [-0.2, -0.15) is 0 Å². The lowest BCUT2D eigenvalue weighted by Gasteiger charge is -2.15. The molecule has 0 bridgehead atoms. The number of ether oxygens (including phenoxy) is 1. The number of rotatable bonds is 4. The summed E-state index contributed by atoms with van der Waals surface area (Å²) in [6.45, 7) is 3.82. The number of hydrogen-bond donors (Lipinski definition) is 0. The molecular formula is C17H19BrN2O3. The Bertz CT molecular complexity index is 777. The summed E-state index contributed by atoms with van der Waals surface area (Å²) in [4.78, 5) is 25.9. The Balaban J connectivity index is 2.43. The molecule has 0 radical (unpaired) electrons. The normalized spacial score (nSPS) is 10.5. The molecule has 0 aliphatic carbocycles. The van der Waals surface area contributed by atoms with Crippen LogP contribution < -0.4 is 10.3 Å². The lowest BCUT2D eigenvalue weighted by molar-refractivity contribution is -0.129.